The minimum Gasteiger partial charge on any atom is -0.390 e. The summed E-state index contributed by atoms with van der Waals surface area (Å²) in [6.07, 6.45) is -0.726. The van der Waals surface area contributed by atoms with Crippen LogP contribution in [0.4, 0.5) is 0 Å². The van der Waals surface area contributed by atoms with E-state index >= 15 is 0 Å². The number of aliphatic hydroxyl groups is 1. The van der Waals surface area contributed by atoms with Crippen molar-refractivity contribution < 1.29 is 14.1 Å². The van der Waals surface area contributed by atoms with Gasteiger partial charge in [0.1, 0.15) is 0 Å². The highest BCUT2D eigenvalue weighted by molar-refractivity contribution is 7.85. The van der Waals surface area contributed by atoms with Crippen molar-refractivity contribution >= 4 is 10.8 Å². The van der Waals surface area contributed by atoms with Crippen LogP contribution in [0.25, 0.3) is 0 Å². The zero-order chi connectivity index (χ0) is 15.1. The predicted octanol–water partition coefficient (Wildman–Crippen LogP) is 2.68. The highest BCUT2D eigenvalue weighted by Gasteiger charge is 2.11. The molecule has 0 aliphatic carbocycles. The molecule has 0 unspecified atom stereocenters. The third kappa shape index (κ3) is 5.42. The Hall–Kier alpha value is -1.49. The second kappa shape index (κ2) is 8.08. The molecule has 0 heterocycles. The van der Waals surface area contributed by atoms with E-state index in [0.717, 1.165) is 16.0 Å². The van der Waals surface area contributed by atoms with E-state index in [1.54, 1.807) is 0 Å². The summed E-state index contributed by atoms with van der Waals surface area (Å²) < 4.78 is 17.5. The third-order valence-electron chi connectivity index (χ3n) is 3.05. The maximum absolute atomic E-state index is 12.1. The summed E-state index contributed by atoms with van der Waals surface area (Å²) in [6, 6.07) is 17.3. The molecule has 0 aromatic heterocycles. The average Bonchev–Trinajstić information content (AvgIpc) is 2.49. The number of hydrogen-bond acceptors (Lipinski definition) is 3. The molecule has 2 rings (SSSR count). The summed E-state index contributed by atoms with van der Waals surface area (Å²) in [7, 11) is -1.20. The maximum atomic E-state index is 12.1. The smallest absolute Gasteiger partial charge is 0.0892 e. The van der Waals surface area contributed by atoms with E-state index < -0.39 is 16.9 Å². The fraction of sp³-hybridized carbons (Fsp3) is 0.294. The van der Waals surface area contributed by atoms with E-state index in [1.807, 2.05) is 61.5 Å². The highest BCUT2D eigenvalue weighted by Crippen LogP contribution is 2.10. The van der Waals surface area contributed by atoms with Gasteiger partial charge in [-0.2, -0.15) is 0 Å². The van der Waals surface area contributed by atoms with E-state index in [1.165, 1.54) is 0 Å². The Kier molecular flexibility index (Phi) is 6.11. The topological polar surface area (TPSA) is 46.5 Å². The predicted molar refractivity (Wildman–Crippen MR) is 84.6 cm³/mol. The number of benzene rings is 2. The van der Waals surface area contributed by atoms with E-state index in [4.69, 9.17) is 4.74 Å². The van der Waals surface area contributed by atoms with Gasteiger partial charge in [-0.1, -0.05) is 48.0 Å². The van der Waals surface area contributed by atoms with Gasteiger partial charge in [0.25, 0.3) is 0 Å². The average molecular weight is 304 g/mol. The first-order valence-electron chi connectivity index (χ1n) is 6.90. The molecule has 0 aliphatic heterocycles. The molecule has 21 heavy (non-hydrogen) atoms. The van der Waals surface area contributed by atoms with Crippen molar-refractivity contribution in [2.75, 3.05) is 12.4 Å². The molecule has 0 bridgehead atoms. The molecule has 0 spiro atoms. The minimum atomic E-state index is -1.20. The summed E-state index contributed by atoms with van der Waals surface area (Å²) in [5.41, 5.74) is 2.19. The van der Waals surface area contributed by atoms with Crippen molar-refractivity contribution in [2.24, 2.45) is 0 Å². The zero-order valence-electron chi connectivity index (χ0n) is 12.1. The highest BCUT2D eigenvalue weighted by atomic mass is 32.2. The Morgan fingerprint density at radius 3 is 2.43 bits per heavy atom. The summed E-state index contributed by atoms with van der Waals surface area (Å²) >= 11 is 0. The summed E-state index contributed by atoms with van der Waals surface area (Å²) in [5, 5.41) is 9.90. The quantitative estimate of drug-likeness (QED) is 0.855. The maximum Gasteiger partial charge on any atom is 0.0892 e. The summed E-state index contributed by atoms with van der Waals surface area (Å²) in [5.74, 6) is 0.192. The van der Waals surface area contributed by atoms with E-state index in [-0.39, 0.29) is 12.4 Å². The molecule has 112 valence electrons. The number of hydrogen-bond donors (Lipinski definition) is 1. The van der Waals surface area contributed by atoms with Gasteiger partial charge in [-0.15, -0.1) is 0 Å². The van der Waals surface area contributed by atoms with Gasteiger partial charge in [0.05, 0.1) is 35.9 Å². The van der Waals surface area contributed by atoms with E-state index in [0.29, 0.717) is 6.61 Å². The van der Waals surface area contributed by atoms with Crippen LogP contribution >= 0.6 is 0 Å². The second-order valence-electron chi connectivity index (χ2n) is 4.98. The second-order valence-corrected chi connectivity index (χ2v) is 6.48. The van der Waals surface area contributed by atoms with Gasteiger partial charge in [0.15, 0.2) is 0 Å². The van der Waals surface area contributed by atoms with Crippen LogP contribution in [0.2, 0.25) is 0 Å². The van der Waals surface area contributed by atoms with Crippen LogP contribution in [0.3, 0.4) is 0 Å². The van der Waals surface area contributed by atoms with Gasteiger partial charge in [0.2, 0.25) is 0 Å². The Morgan fingerprint density at radius 2 is 1.76 bits per heavy atom. The van der Waals surface area contributed by atoms with Crippen molar-refractivity contribution in [3.8, 4) is 0 Å². The molecule has 0 aliphatic rings. The lowest BCUT2D eigenvalue weighted by Crippen LogP contribution is -2.22. The van der Waals surface area contributed by atoms with Crippen LogP contribution in [-0.2, 0) is 22.1 Å². The summed E-state index contributed by atoms with van der Waals surface area (Å²) in [4.78, 5) is 0.739. The van der Waals surface area contributed by atoms with Crippen LogP contribution in [-0.4, -0.2) is 27.8 Å². The molecule has 2 atom stereocenters. The molecule has 0 fully saturated rings. The first kappa shape index (κ1) is 15.9. The van der Waals surface area contributed by atoms with E-state index in [9.17, 15) is 9.32 Å². The van der Waals surface area contributed by atoms with Crippen LogP contribution in [0.5, 0.6) is 0 Å². The van der Waals surface area contributed by atoms with Gasteiger partial charge in [0, 0.05) is 4.90 Å². The molecule has 3 nitrogen and oxygen atoms in total. The zero-order valence-corrected chi connectivity index (χ0v) is 12.9. The van der Waals surface area contributed by atoms with Crippen molar-refractivity contribution in [3.63, 3.8) is 0 Å². The van der Waals surface area contributed by atoms with E-state index in [2.05, 4.69) is 0 Å². The SMILES string of the molecule is Cc1ccc([S@](=O)C[C@@H](O)COCc2ccccc2)cc1. The van der Waals surface area contributed by atoms with Gasteiger partial charge < -0.3 is 9.84 Å². The van der Waals surface area contributed by atoms with Crippen LogP contribution in [0.15, 0.2) is 59.5 Å². The first-order chi connectivity index (χ1) is 10.1. The van der Waals surface area contributed by atoms with Crippen molar-refractivity contribution in [1.82, 2.24) is 0 Å². The molecule has 4 heteroatoms. The van der Waals surface area contributed by atoms with Crippen molar-refractivity contribution in [3.05, 3.63) is 65.7 Å². The minimum absolute atomic E-state index is 0.187. The number of rotatable bonds is 7. The fourth-order valence-corrected chi connectivity index (χ4v) is 2.97. The normalized spacial score (nSPS) is 13.8. The molecule has 2 aromatic carbocycles. The Labute approximate surface area is 128 Å². The number of ether oxygens (including phenoxy) is 1. The Balaban J connectivity index is 1.75. The Morgan fingerprint density at radius 1 is 1.10 bits per heavy atom. The molecular formula is C17H20O3S. The van der Waals surface area contributed by atoms with Crippen LogP contribution < -0.4 is 0 Å². The molecular weight excluding hydrogens is 284 g/mol. The monoisotopic (exact) mass is 304 g/mol. The van der Waals surface area contributed by atoms with Gasteiger partial charge in [-0.05, 0) is 24.6 Å². The molecule has 0 saturated carbocycles. The summed E-state index contributed by atoms with van der Waals surface area (Å²) in [6.45, 7) is 2.63. The van der Waals surface area contributed by atoms with Crippen LogP contribution in [0.1, 0.15) is 11.1 Å². The molecule has 0 saturated heterocycles. The molecule has 0 radical (unpaired) electrons. The standard InChI is InChI=1S/C17H20O3S/c1-14-7-9-17(10-8-14)21(19)13-16(18)12-20-11-15-5-3-2-4-6-15/h2-10,16,18H,11-13H2,1H3/t16-,21+/m0/s1. The third-order valence-corrected chi connectivity index (χ3v) is 4.53. The van der Waals surface area contributed by atoms with Gasteiger partial charge >= 0.3 is 0 Å². The van der Waals surface area contributed by atoms with Gasteiger partial charge in [-0.3, -0.25) is 4.21 Å². The lowest BCUT2D eigenvalue weighted by Gasteiger charge is -2.11. The number of aliphatic hydroxyl groups excluding tert-OH is 1. The first-order valence-corrected chi connectivity index (χ1v) is 8.22. The lowest BCUT2D eigenvalue weighted by atomic mass is 10.2. The number of aryl methyl sites for hydroxylation is 1. The molecule has 0 amide bonds. The van der Waals surface area contributed by atoms with Crippen molar-refractivity contribution in [1.29, 1.82) is 0 Å². The molecule has 2 aromatic rings. The van der Waals surface area contributed by atoms with Crippen molar-refractivity contribution in [2.45, 2.75) is 24.5 Å². The largest absolute Gasteiger partial charge is 0.390 e. The lowest BCUT2D eigenvalue weighted by molar-refractivity contribution is 0.0394. The van der Waals surface area contributed by atoms with Crippen LogP contribution in [0, 0.1) is 6.92 Å². The Bertz CT molecular complexity index is 566. The fourth-order valence-electron chi connectivity index (χ4n) is 1.90. The van der Waals surface area contributed by atoms with Gasteiger partial charge in [-0.25, -0.2) is 0 Å². The molecule has 1 N–H and O–H groups in total.